The molecule has 0 unspecified atom stereocenters. The van der Waals surface area contributed by atoms with Gasteiger partial charge in [-0.1, -0.05) is 25.3 Å². The van der Waals surface area contributed by atoms with E-state index >= 15 is 0 Å². The van der Waals surface area contributed by atoms with Crippen LogP contribution in [0.4, 0.5) is 0 Å². The first kappa shape index (κ1) is 14.3. The standard InChI is InChI=1S/C14H24N4S/c1-2-18(11-13-9-6-10-19-13)14(17-15)16-12-7-4-3-5-8-12/h6,9-10,12H,2-5,7-8,11,15H2,1H3,(H,16,17). The van der Waals surface area contributed by atoms with Gasteiger partial charge < -0.3 is 4.90 Å². The Labute approximate surface area is 119 Å². The number of rotatable bonds is 4. The first-order valence-corrected chi connectivity index (χ1v) is 8.03. The monoisotopic (exact) mass is 280 g/mol. The van der Waals surface area contributed by atoms with Crippen molar-refractivity contribution in [1.29, 1.82) is 0 Å². The number of nitrogens with two attached hydrogens (primary N) is 1. The highest BCUT2D eigenvalue weighted by atomic mass is 32.1. The Morgan fingerprint density at radius 3 is 2.84 bits per heavy atom. The molecular formula is C14H24N4S. The minimum atomic E-state index is 0.442. The SMILES string of the molecule is CCN(Cc1cccs1)C(=NC1CCCCC1)NN. The molecule has 106 valence electrons. The maximum atomic E-state index is 5.68. The summed E-state index contributed by atoms with van der Waals surface area (Å²) in [5.41, 5.74) is 2.79. The van der Waals surface area contributed by atoms with Gasteiger partial charge in [0.05, 0.1) is 12.6 Å². The molecule has 3 N–H and O–H groups in total. The number of hydrazine groups is 1. The number of thiophene rings is 1. The third-order valence-electron chi connectivity index (χ3n) is 3.62. The van der Waals surface area contributed by atoms with E-state index in [4.69, 9.17) is 10.8 Å². The van der Waals surface area contributed by atoms with Gasteiger partial charge in [0.25, 0.3) is 0 Å². The highest BCUT2D eigenvalue weighted by Crippen LogP contribution is 2.21. The van der Waals surface area contributed by atoms with E-state index in [-0.39, 0.29) is 0 Å². The van der Waals surface area contributed by atoms with Crippen molar-refractivity contribution in [1.82, 2.24) is 10.3 Å². The van der Waals surface area contributed by atoms with Crippen LogP contribution in [-0.2, 0) is 6.54 Å². The van der Waals surface area contributed by atoms with Crippen molar-refractivity contribution in [2.24, 2.45) is 10.8 Å². The summed E-state index contributed by atoms with van der Waals surface area (Å²) >= 11 is 1.78. The molecule has 2 rings (SSSR count). The zero-order valence-electron chi connectivity index (χ0n) is 11.6. The molecule has 4 nitrogen and oxygen atoms in total. The summed E-state index contributed by atoms with van der Waals surface area (Å²) in [5.74, 6) is 6.51. The van der Waals surface area contributed by atoms with Gasteiger partial charge in [0.1, 0.15) is 0 Å². The molecule has 0 aromatic carbocycles. The van der Waals surface area contributed by atoms with Gasteiger partial charge in [-0.15, -0.1) is 11.3 Å². The Kier molecular flexibility index (Phi) is 5.66. The van der Waals surface area contributed by atoms with Gasteiger partial charge in [0.2, 0.25) is 5.96 Å². The summed E-state index contributed by atoms with van der Waals surface area (Å²) < 4.78 is 0. The third-order valence-corrected chi connectivity index (χ3v) is 4.48. The molecule has 19 heavy (non-hydrogen) atoms. The maximum Gasteiger partial charge on any atom is 0.208 e. The van der Waals surface area contributed by atoms with Crippen LogP contribution in [0.1, 0.15) is 43.9 Å². The second-order valence-corrected chi connectivity index (χ2v) is 6.01. The lowest BCUT2D eigenvalue weighted by Crippen LogP contribution is -2.45. The number of hydrogen-bond acceptors (Lipinski definition) is 3. The number of hydrogen-bond donors (Lipinski definition) is 2. The average Bonchev–Trinajstić information content (AvgIpc) is 2.96. The Balaban J connectivity index is 2.02. The van der Waals surface area contributed by atoms with Gasteiger partial charge in [-0.25, -0.2) is 10.8 Å². The van der Waals surface area contributed by atoms with Crippen LogP contribution in [0, 0.1) is 0 Å². The largest absolute Gasteiger partial charge is 0.337 e. The Morgan fingerprint density at radius 2 is 2.26 bits per heavy atom. The molecule has 0 amide bonds. The fraction of sp³-hybridized carbons (Fsp3) is 0.643. The Morgan fingerprint density at radius 1 is 1.47 bits per heavy atom. The number of nitrogens with one attached hydrogen (secondary N) is 1. The summed E-state index contributed by atoms with van der Waals surface area (Å²) in [6, 6.07) is 4.68. The van der Waals surface area contributed by atoms with Gasteiger partial charge in [0.15, 0.2) is 0 Å². The lowest BCUT2D eigenvalue weighted by atomic mass is 9.96. The molecule has 1 aromatic heterocycles. The molecule has 1 aromatic rings. The van der Waals surface area contributed by atoms with Crippen molar-refractivity contribution < 1.29 is 0 Å². The van der Waals surface area contributed by atoms with Crippen molar-refractivity contribution >= 4 is 17.3 Å². The van der Waals surface area contributed by atoms with E-state index in [0.29, 0.717) is 6.04 Å². The van der Waals surface area contributed by atoms with E-state index in [1.807, 2.05) is 0 Å². The van der Waals surface area contributed by atoms with E-state index in [0.717, 1.165) is 19.0 Å². The molecule has 1 heterocycles. The van der Waals surface area contributed by atoms with Crippen LogP contribution in [0.25, 0.3) is 0 Å². The summed E-state index contributed by atoms with van der Waals surface area (Å²) in [6.07, 6.45) is 6.33. The zero-order valence-corrected chi connectivity index (χ0v) is 12.5. The fourth-order valence-corrected chi connectivity index (χ4v) is 3.24. The number of aliphatic imine (C=N–C) groups is 1. The minimum absolute atomic E-state index is 0.442. The molecule has 1 aliphatic carbocycles. The highest BCUT2D eigenvalue weighted by Gasteiger charge is 2.16. The van der Waals surface area contributed by atoms with Crippen molar-refractivity contribution in [3.8, 4) is 0 Å². The number of guanidine groups is 1. The first-order chi connectivity index (χ1) is 9.33. The molecule has 0 radical (unpaired) electrons. The fourth-order valence-electron chi connectivity index (χ4n) is 2.52. The van der Waals surface area contributed by atoms with Crippen LogP contribution in [0.5, 0.6) is 0 Å². The van der Waals surface area contributed by atoms with Gasteiger partial charge in [0, 0.05) is 11.4 Å². The van der Waals surface area contributed by atoms with Crippen LogP contribution in [0.15, 0.2) is 22.5 Å². The molecule has 1 saturated carbocycles. The molecule has 0 atom stereocenters. The predicted molar refractivity (Wildman–Crippen MR) is 82.0 cm³/mol. The lowest BCUT2D eigenvalue weighted by molar-refractivity contribution is 0.399. The number of nitrogens with zero attached hydrogens (tertiary/aromatic N) is 2. The van der Waals surface area contributed by atoms with Crippen LogP contribution in [0.2, 0.25) is 0 Å². The van der Waals surface area contributed by atoms with E-state index in [1.54, 1.807) is 11.3 Å². The third kappa shape index (κ3) is 4.21. The second kappa shape index (κ2) is 7.50. The van der Waals surface area contributed by atoms with E-state index in [9.17, 15) is 0 Å². The van der Waals surface area contributed by atoms with E-state index in [1.165, 1.54) is 37.0 Å². The molecule has 5 heteroatoms. The Bertz CT molecular complexity index is 382. The van der Waals surface area contributed by atoms with Crippen molar-refractivity contribution in [2.45, 2.75) is 51.6 Å². The van der Waals surface area contributed by atoms with E-state index in [2.05, 4.69) is 34.8 Å². The summed E-state index contributed by atoms with van der Waals surface area (Å²) in [6.45, 7) is 3.93. The molecule has 1 aliphatic rings. The average molecular weight is 280 g/mol. The first-order valence-electron chi connectivity index (χ1n) is 7.15. The summed E-state index contributed by atoms with van der Waals surface area (Å²) in [4.78, 5) is 8.37. The van der Waals surface area contributed by atoms with Gasteiger partial charge in [-0.05, 0) is 31.2 Å². The molecule has 0 saturated heterocycles. The summed E-state index contributed by atoms with van der Waals surface area (Å²) in [5, 5.41) is 2.11. The van der Waals surface area contributed by atoms with Gasteiger partial charge in [-0.2, -0.15) is 0 Å². The van der Waals surface area contributed by atoms with Crippen molar-refractivity contribution in [3.05, 3.63) is 22.4 Å². The maximum absolute atomic E-state index is 5.68. The predicted octanol–water partition coefficient (Wildman–Crippen LogP) is 2.72. The van der Waals surface area contributed by atoms with Gasteiger partial charge in [-0.3, -0.25) is 5.43 Å². The lowest BCUT2D eigenvalue weighted by Gasteiger charge is -2.26. The van der Waals surface area contributed by atoms with Crippen LogP contribution in [0.3, 0.4) is 0 Å². The van der Waals surface area contributed by atoms with Crippen LogP contribution < -0.4 is 11.3 Å². The van der Waals surface area contributed by atoms with Crippen LogP contribution >= 0.6 is 11.3 Å². The van der Waals surface area contributed by atoms with E-state index < -0.39 is 0 Å². The molecule has 1 fully saturated rings. The normalized spacial score (nSPS) is 17.5. The second-order valence-electron chi connectivity index (χ2n) is 4.98. The molecular weight excluding hydrogens is 256 g/mol. The molecule has 0 spiro atoms. The quantitative estimate of drug-likeness (QED) is 0.386. The summed E-state index contributed by atoms with van der Waals surface area (Å²) in [7, 11) is 0. The van der Waals surface area contributed by atoms with Gasteiger partial charge >= 0.3 is 0 Å². The topological polar surface area (TPSA) is 53.6 Å². The minimum Gasteiger partial charge on any atom is -0.337 e. The Hall–Kier alpha value is -1.07. The van der Waals surface area contributed by atoms with Crippen molar-refractivity contribution in [2.75, 3.05) is 6.54 Å². The van der Waals surface area contributed by atoms with Crippen molar-refractivity contribution in [3.63, 3.8) is 0 Å². The molecule has 0 aliphatic heterocycles. The zero-order chi connectivity index (χ0) is 13.5. The smallest absolute Gasteiger partial charge is 0.208 e. The van der Waals surface area contributed by atoms with Crippen LogP contribution in [-0.4, -0.2) is 23.4 Å². The molecule has 0 bridgehead atoms. The highest BCUT2D eigenvalue weighted by molar-refractivity contribution is 7.09.